The number of rotatable bonds is 5. The minimum Gasteiger partial charge on any atom is -0.490 e. The van der Waals surface area contributed by atoms with Crippen LogP contribution in [0, 0.1) is 0 Å². The van der Waals surface area contributed by atoms with Crippen LogP contribution in [0.1, 0.15) is 37.8 Å². The van der Waals surface area contributed by atoms with Gasteiger partial charge in [-0.15, -0.1) is 0 Å². The van der Waals surface area contributed by atoms with Crippen LogP contribution in [0.3, 0.4) is 0 Å². The Balaban J connectivity index is 1.54. The normalized spacial score (nSPS) is 19.0. The molecule has 2 aliphatic rings. The number of aliphatic carboxylic acids is 1. The SMILES string of the molecule is O=C(O)C1(c2ccc(-c3ccc(OC4CC4)cc3)cn2)CCC1. The first kappa shape index (κ1) is 14.2. The minimum absolute atomic E-state index is 0.400. The molecule has 0 atom stereocenters. The molecule has 4 heteroatoms. The average Bonchev–Trinajstić information content (AvgIpc) is 3.31. The van der Waals surface area contributed by atoms with Crippen LogP contribution in [0.5, 0.6) is 5.75 Å². The first-order chi connectivity index (χ1) is 11.2. The van der Waals surface area contributed by atoms with Crippen LogP contribution in [0.4, 0.5) is 0 Å². The third-order valence-electron chi connectivity index (χ3n) is 4.89. The van der Waals surface area contributed by atoms with Crippen LogP contribution < -0.4 is 4.74 Å². The van der Waals surface area contributed by atoms with Gasteiger partial charge in [0, 0.05) is 11.8 Å². The Hall–Kier alpha value is -2.36. The molecule has 0 aliphatic heterocycles. The Morgan fingerprint density at radius 3 is 2.26 bits per heavy atom. The summed E-state index contributed by atoms with van der Waals surface area (Å²) in [5, 5.41) is 9.48. The van der Waals surface area contributed by atoms with Gasteiger partial charge in [-0.2, -0.15) is 0 Å². The highest BCUT2D eigenvalue weighted by Crippen LogP contribution is 2.43. The second kappa shape index (κ2) is 5.37. The highest BCUT2D eigenvalue weighted by molar-refractivity contribution is 5.82. The zero-order valence-corrected chi connectivity index (χ0v) is 12.9. The number of benzene rings is 1. The van der Waals surface area contributed by atoms with Crippen molar-refractivity contribution >= 4 is 5.97 Å². The number of carboxylic acids is 1. The maximum atomic E-state index is 11.5. The second-order valence-electron chi connectivity index (χ2n) is 6.51. The van der Waals surface area contributed by atoms with Crippen LogP contribution in [-0.2, 0) is 10.2 Å². The van der Waals surface area contributed by atoms with E-state index in [1.54, 1.807) is 6.20 Å². The molecule has 2 fully saturated rings. The van der Waals surface area contributed by atoms with E-state index in [9.17, 15) is 9.90 Å². The van der Waals surface area contributed by atoms with Gasteiger partial charge in [-0.3, -0.25) is 9.78 Å². The number of nitrogens with zero attached hydrogens (tertiary/aromatic N) is 1. The predicted octanol–water partition coefficient (Wildman–Crippen LogP) is 3.80. The van der Waals surface area contributed by atoms with Gasteiger partial charge >= 0.3 is 5.97 Å². The maximum absolute atomic E-state index is 11.5. The molecular formula is C19H19NO3. The molecule has 118 valence electrons. The molecule has 23 heavy (non-hydrogen) atoms. The number of hydrogen-bond donors (Lipinski definition) is 1. The number of ether oxygens (including phenoxy) is 1. The highest BCUT2D eigenvalue weighted by atomic mass is 16.5. The molecule has 0 spiro atoms. The molecule has 1 aromatic heterocycles. The van der Waals surface area contributed by atoms with Gasteiger partial charge in [-0.05, 0) is 49.4 Å². The predicted molar refractivity (Wildman–Crippen MR) is 86.5 cm³/mol. The fourth-order valence-corrected chi connectivity index (χ4v) is 3.06. The van der Waals surface area contributed by atoms with Gasteiger partial charge in [0.1, 0.15) is 11.2 Å². The lowest BCUT2D eigenvalue weighted by atomic mass is 9.66. The van der Waals surface area contributed by atoms with E-state index < -0.39 is 11.4 Å². The first-order valence-electron chi connectivity index (χ1n) is 8.14. The lowest BCUT2D eigenvalue weighted by molar-refractivity contribution is -0.147. The van der Waals surface area contributed by atoms with E-state index in [0.29, 0.717) is 24.6 Å². The van der Waals surface area contributed by atoms with E-state index >= 15 is 0 Å². The molecule has 0 radical (unpaired) electrons. The summed E-state index contributed by atoms with van der Waals surface area (Å²) < 4.78 is 5.75. The molecule has 4 nitrogen and oxygen atoms in total. The van der Waals surface area contributed by atoms with Gasteiger partial charge in [0.25, 0.3) is 0 Å². The zero-order chi connectivity index (χ0) is 15.9. The molecule has 2 aromatic rings. The summed E-state index contributed by atoms with van der Waals surface area (Å²) in [4.78, 5) is 16.0. The van der Waals surface area contributed by atoms with E-state index in [1.807, 2.05) is 36.4 Å². The fraction of sp³-hybridized carbons (Fsp3) is 0.368. The summed E-state index contributed by atoms with van der Waals surface area (Å²) in [6.45, 7) is 0. The second-order valence-corrected chi connectivity index (χ2v) is 6.51. The number of carboxylic acid groups (broad SMARTS) is 1. The summed E-state index contributed by atoms with van der Waals surface area (Å²) in [5.41, 5.74) is 1.96. The molecule has 0 amide bonds. The van der Waals surface area contributed by atoms with Crippen LogP contribution in [0.25, 0.3) is 11.1 Å². The smallest absolute Gasteiger partial charge is 0.315 e. The molecule has 0 bridgehead atoms. The van der Waals surface area contributed by atoms with Crippen molar-refractivity contribution in [3.63, 3.8) is 0 Å². The number of carbonyl (C=O) groups is 1. The van der Waals surface area contributed by atoms with Crippen LogP contribution in [0.2, 0.25) is 0 Å². The summed E-state index contributed by atoms with van der Waals surface area (Å²) >= 11 is 0. The third-order valence-corrected chi connectivity index (χ3v) is 4.89. The van der Waals surface area contributed by atoms with Crippen molar-refractivity contribution < 1.29 is 14.6 Å². The Morgan fingerprint density at radius 2 is 1.78 bits per heavy atom. The van der Waals surface area contributed by atoms with E-state index in [1.165, 1.54) is 0 Å². The monoisotopic (exact) mass is 309 g/mol. The van der Waals surface area contributed by atoms with Gasteiger partial charge in [-0.25, -0.2) is 0 Å². The molecule has 1 N–H and O–H groups in total. The maximum Gasteiger partial charge on any atom is 0.315 e. The van der Waals surface area contributed by atoms with Crippen molar-refractivity contribution in [3.8, 4) is 16.9 Å². The Kier molecular flexibility index (Phi) is 3.33. The Bertz CT molecular complexity index is 713. The summed E-state index contributed by atoms with van der Waals surface area (Å²) in [6.07, 6.45) is 6.80. The van der Waals surface area contributed by atoms with Crippen molar-refractivity contribution in [3.05, 3.63) is 48.3 Å². The lowest BCUT2D eigenvalue weighted by Gasteiger charge is -2.36. The lowest BCUT2D eigenvalue weighted by Crippen LogP contribution is -2.43. The van der Waals surface area contributed by atoms with Crippen molar-refractivity contribution in [1.29, 1.82) is 0 Å². The van der Waals surface area contributed by atoms with Gasteiger partial charge in [-0.1, -0.05) is 24.6 Å². The third kappa shape index (κ3) is 2.58. The van der Waals surface area contributed by atoms with Crippen molar-refractivity contribution in [2.24, 2.45) is 0 Å². The highest BCUT2D eigenvalue weighted by Gasteiger charge is 2.47. The molecule has 4 rings (SSSR count). The number of aromatic nitrogens is 1. The van der Waals surface area contributed by atoms with Gasteiger partial charge in [0.15, 0.2) is 0 Å². The van der Waals surface area contributed by atoms with Gasteiger partial charge in [0.05, 0.1) is 11.8 Å². The molecule has 2 saturated carbocycles. The van der Waals surface area contributed by atoms with Crippen molar-refractivity contribution in [1.82, 2.24) is 4.98 Å². The molecule has 1 aromatic carbocycles. The van der Waals surface area contributed by atoms with E-state index in [0.717, 1.165) is 36.1 Å². The zero-order valence-electron chi connectivity index (χ0n) is 12.9. The van der Waals surface area contributed by atoms with Crippen LogP contribution in [-0.4, -0.2) is 22.2 Å². The Labute approximate surface area is 135 Å². The summed E-state index contributed by atoms with van der Waals surface area (Å²) in [5.74, 6) is 0.144. The van der Waals surface area contributed by atoms with Crippen molar-refractivity contribution in [2.45, 2.75) is 43.6 Å². The van der Waals surface area contributed by atoms with Gasteiger partial charge in [0.2, 0.25) is 0 Å². The molecule has 1 heterocycles. The van der Waals surface area contributed by atoms with E-state index in [2.05, 4.69) is 4.98 Å². The van der Waals surface area contributed by atoms with Crippen molar-refractivity contribution in [2.75, 3.05) is 0 Å². The molecule has 2 aliphatic carbocycles. The summed E-state index contributed by atoms with van der Waals surface area (Å²) in [6, 6.07) is 11.8. The molecular weight excluding hydrogens is 290 g/mol. The fourth-order valence-electron chi connectivity index (χ4n) is 3.06. The molecule has 0 unspecified atom stereocenters. The quantitative estimate of drug-likeness (QED) is 0.912. The van der Waals surface area contributed by atoms with E-state index in [4.69, 9.17) is 4.74 Å². The topological polar surface area (TPSA) is 59.4 Å². The standard InChI is InChI=1S/C19H19NO3/c21-18(22)19(10-1-11-19)17-9-4-14(12-20-17)13-2-5-15(6-3-13)23-16-7-8-16/h2-6,9,12,16H,1,7-8,10-11H2,(H,21,22). The van der Waals surface area contributed by atoms with Crippen LogP contribution >= 0.6 is 0 Å². The van der Waals surface area contributed by atoms with E-state index in [-0.39, 0.29) is 0 Å². The molecule has 0 saturated heterocycles. The largest absolute Gasteiger partial charge is 0.490 e. The minimum atomic E-state index is -0.763. The van der Waals surface area contributed by atoms with Gasteiger partial charge < -0.3 is 9.84 Å². The summed E-state index contributed by atoms with van der Waals surface area (Å²) in [7, 11) is 0. The number of pyridine rings is 1. The number of hydrogen-bond acceptors (Lipinski definition) is 3. The Morgan fingerprint density at radius 1 is 1.09 bits per heavy atom. The first-order valence-corrected chi connectivity index (χ1v) is 8.14. The van der Waals surface area contributed by atoms with Crippen LogP contribution in [0.15, 0.2) is 42.6 Å². The average molecular weight is 309 g/mol.